The Bertz CT molecular complexity index is 662. The van der Waals surface area contributed by atoms with E-state index in [0.717, 1.165) is 31.6 Å². The summed E-state index contributed by atoms with van der Waals surface area (Å²) in [5.41, 5.74) is 7.63. The summed E-state index contributed by atoms with van der Waals surface area (Å²) >= 11 is 0. The Kier molecular flexibility index (Phi) is 3.57. The Morgan fingerprint density at radius 2 is 2.19 bits per heavy atom. The number of ether oxygens (including phenoxy) is 1. The van der Waals surface area contributed by atoms with Crippen LogP contribution in [0, 0.1) is 5.82 Å². The lowest BCUT2D eigenvalue weighted by Crippen LogP contribution is -2.06. The predicted octanol–water partition coefficient (Wildman–Crippen LogP) is 3.57. The van der Waals surface area contributed by atoms with E-state index in [4.69, 9.17) is 10.5 Å². The molecular formula is C16H20FN3O. The van der Waals surface area contributed by atoms with Gasteiger partial charge in [-0.05, 0) is 37.5 Å². The maximum absolute atomic E-state index is 13.9. The molecule has 1 fully saturated rings. The van der Waals surface area contributed by atoms with Gasteiger partial charge in [-0.15, -0.1) is 0 Å². The first-order valence-corrected chi connectivity index (χ1v) is 7.35. The molecule has 0 amide bonds. The normalized spacial score (nSPS) is 14.4. The summed E-state index contributed by atoms with van der Waals surface area (Å²) in [4.78, 5) is 4.69. The third kappa shape index (κ3) is 2.48. The van der Waals surface area contributed by atoms with E-state index in [1.54, 1.807) is 12.1 Å². The fraction of sp³-hybridized carbons (Fsp3) is 0.438. The molecule has 21 heavy (non-hydrogen) atoms. The number of imidazole rings is 1. The number of hydrogen-bond acceptors (Lipinski definition) is 3. The standard InChI is InChI=1S/C16H20FN3O/c1-3-8-20-15(18)14(19-16(20)10-4-5-10)11-6-7-13(21-2)12(17)9-11/h6-7,9-10H,3-5,8,18H2,1-2H3. The van der Waals surface area contributed by atoms with Gasteiger partial charge in [0.05, 0.1) is 7.11 Å². The van der Waals surface area contributed by atoms with Crippen molar-refractivity contribution in [3.05, 3.63) is 29.8 Å². The molecule has 2 N–H and O–H groups in total. The third-order valence-corrected chi connectivity index (χ3v) is 3.85. The largest absolute Gasteiger partial charge is 0.494 e. The minimum atomic E-state index is -0.396. The molecule has 0 bridgehead atoms. The van der Waals surface area contributed by atoms with E-state index in [1.807, 2.05) is 0 Å². The molecule has 112 valence electrons. The van der Waals surface area contributed by atoms with Crippen molar-refractivity contribution in [1.29, 1.82) is 0 Å². The minimum Gasteiger partial charge on any atom is -0.494 e. The first-order chi connectivity index (χ1) is 10.2. The van der Waals surface area contributed by atoms with Gasteiger partial charge in [0, 0.05) is 18.0 Å². The Hall–Kier alpha value is -2.04. The molecule has 0 atom stereocenters. The zero-order valence-electron chi connectivity index (χ0n) is 12.4. The SMILES string of the molecule is CCCn1c(C2CC2)nc(-c2ccc(OC)c(F)c2)c1N. The summed E-state index contributed by atoms with van der Waals surface area (Å²) in [5.74, 6) is 2.01. The van der Waals surface area contributed by atoms with Crippen molar-refractivity contribution < 1.29 is 9.13 Å². The zero-order valence-corrected chi connectivity index (χ0v) is 12.4. The summed E-state index contributed by atoms with van der Waals surface area (Å²) in [6, 6.07) is 4.85. The average Bonchev–Trinajstić information content (AvgIpc) is 3.26. The monoisotopic (exact) mass is 289 g/mol. The molecule has 1 saturated carbocycles. The Morgan fingerprint density at radius 1 is 1.43 bits per heavy atom. The van der Waals surface area contributed by atoms with E-state index < -0.39 is 5.82 Å². The van der Waals surface area contributed by atoms with Crippen LogP contribution in [0.1, 0.15) is 37.9 Å². The number of methoxy groups -OCH3 is 1. The number of nitrogen functional groups attached to an aromatic ring is 1. The summed E-state index contributed by atoms with van der Waals surface area (Å²) < 4.78 is 20.9. The number of nitrogens with two attached hydrogens (primary N) is 1. The second-order valence-corrected chi connectivity index (χ2v) is 5.48. The predicted molar refractivity (Wildman–Crippen MR) is 80.9 cm³/mol. The average molecular weight is 289 g/mol. The Labute approximate surface area is 123 Å². The van der Waals surface area contributed by atoms with Gasteiger partial charge in [-0.2, -0.15) is 0 Å². The third-order valence-electron chi connectivity index (χ3n) is 3.85. The molecule has 0 radical (unpaired) electrons. The Balaban J connectivity index is 2.05. The minimum absolute atomic E-state index is 0.229. The molecule has 0 spiro atoms. The second kappa shape index (κ2) is 5.39. The fourth-order valence-electron chi connectivity index (χ4n) is 2.62. The number of benzene rings is 1. The van der Waals surface area contributed by atoms with Gasteiger partial charge in [0.15, 0.2) is 11.6 Å². The van der Waals surface area contributed by atoms with Crippen LogP contribution in [0.15, 0.2) is 18.2 Å². The van der Waals surface area contributed by atoms with Crippen LogP contribution in [-0.4, -0.2) is 16.7 Å². The smallest absolute Gasteiger partial charge is 0.165 e. The van der Waals surface area contributed by atoms with E-state index >= 15 is 0 Å². The van der Waals surface area contributed by atoms with Crippen LogP contribution in [0.25, 0.3) is 11.3 Å². The molecule has 1 aliphatic rings. The lowest BCUT2D eigenvalue weighted by atomic mass is 10.1. The summed E-state index contributed by atoms with van der Waals surface area (Å²) in [6.07, 6.45) is 3.32. The Morgan fingerprint density at radius 3 is 2.76 bits per heavy atom. The molecular weight excluding hydrogens is 269 g/mol. The van der Waals surface area contributed by atoms with Gasteiger partial charge in [-0.3, -0.25) is 0 Å². The van der Waals surface area contributed by atoms with Crippen LogP contribution >= 0.6 is 0 Å². The molecule has 5 heteroatoms. The number of nitrogens with zero attached hydrogens (tertiary/aromatic N) is 2. The highest BCUT2D eigenvalue weighted by atomic mass is 19.1. The van der Waals surface area contributed by atoms with Crippen molar-refractivity contribution in [3.8, 4) is 17.0 Å². The molecule has 2 aromatic rings. The fourth-order valence-corrected chi connectivity index (χ4v) is 2.62. The number of hydrogen-bond donors (Lipinski definition) is 1. The van der Waals surface area contributed by atoms with E-state index in [1.165, 1.54) is 13.2 Å². The first kappa shape index (κ1) is 13.9. The van der Waals surface area contributed by atoms with Gasteiger partial charge >= 0.3 is 0 Å². The van der Waals surface area contributed by atoms with Crippen molar-refractivity contribution in [3.63, 3.8) is 0 Å². The van der Waals surface area contributed by atoms with Crippen molar-refractivity contribution in [2.24, 2.45) is 0 Å². The lowest BCUT2D eigenvalue weighted by Gasteiger charge is -2.07. The van der Waals surface area contributed by atoms with Crippen molar-refractivity contribution in [2.75, 3.05) is 12.8 Å². The van der Waals surface area contributed by atoms with E-state index in [2.05, 4.69) is 16.5 Å². The highest BCUT2D eigenvalue weighted by Crippen LogP contribution is 2.42. The van der Waals surface area contributed by atoms with Crippen LogP contribution in [0.3, 0.4) is 0 Å². The quantitative estimate of drug-likeness (QED) is 0.915. The number of aromatic nitrogens is 2. The van der Waals surface area contributed by atoms with E-state index in [-0.39, 0.29) is 5.75 Å². The molecule has 0 aliphatic heterocycles. The van der Waals surface area contributed by atoms with Gasteiger partial charge in [0.1, 0.15) is 17.3 Å². The van der Waals surface area contributed by atoms with Crippen LogP contribution in [0.2, 0.25) is 0 Å². The lowest BCUT2D eigenvalue weighted by molar-refractivity contribution is 0.386. The van der Waals surface area contributed by atoms with Gasteiger partial charge in [-0.25, -0.2) is 9.37 Å². The molecule has 3 rings (SSSR count). The molecule has 1 aliphatic carbocycles. The highest BCUT2D eigenvalue weighted by molar-refractivity contribution is 5.72. The van der Waals surface area contributed by atoms with Crippen LogP contribution in [-0.2, 0) is 6.54 Å². The topological polar surface area (TPSA) is 53.1 Å². The molecule has 0 unspecified atom stereocenters. The van der Waals surface area contributed by atoms with Crippen LogP contribution < -0.4 is 10.5 Å². The first-order valence-electron chi connectivity index (χ1n) is 7.35. The maximum Gasteiger partial charge on any atom is 0.165 e. The second-order valence-electron chi connectivity index (χ2n) is 5.48. The summed E-state index contributed by atoms with van der Waals surface area (Å²) in [6.45, 7) is 2.96. The van der Waals surface area contributed by atoms with Gasteiger partial charge in [0.25, 0.3) is 0 Å². The number of halogens is 1. The number of rotatable bonds is 5. The van der Waals surface area contributed by atoms with E-state index in [9.17, 15) is 4.39 Å². The van der Waals surface area contributed by atoms with Gasteiger partial charge < -0.3 is 15.0 Å². The zero-order chi connectivity index (χ0) is 15.0. The van der Waals surface area contributed by atoms with Crippen molar-refractivity contribution >= 4 is 5.82 Å². The maximum atomic E-state index is 13.9. The molecule has 4 nitrogen and oxygen atoms in total. The van der Waals surface area contributed by atoms with Crippen molar-refractivity contribution in [2.45, 2.75) is 38.6 Å². The summed E-state index contributed by atoms with van der Waals surface area (Å²) in [7, 11) is 1.45. The summed E-state index contributed by atoms with van der Waals surface area (Å²) in [5, 5.41) is 0. The number of anilines is 1. The molecule has 1 aromatic heterocycles. The molecule has 0 saturated heterocycles. The van der Waals surface area contributed by atoms with Crippen LogP contribution in [0.4, 0.5) is 10.2 Å². The van der Waals surface area contributed by atoms with Crippen LogP contribution in [0.5, 0.6) is 5.75 Å². The van der Waals surface area contributed by atoms with Gasteiger partial charge in [-0.1, -0.05) is 6.92 Å². The molecule has 1 aromatic carbocycles. The van der Waals surface area contributed by atoms with Crippen molar-refractivity contribution in [1.82, 2.24) is 9.55 Å². The van der Waals surface area contributed by atoms with Gasteiger partial charge in [0.2, 0.25) is 0 Å². The molecule has 1 heterocycles. The highest BCUT2D eigenvalue weighted by Gasteiger charge is 2.30. The van der Waals surface area contributed by atoms with E-state index in [0.29, 0.717) is 23.0 Å².